The third-order valence-electron chi connectivity index (χ3n) is 5.99. The number of nitrogens with one attached hydrogen (secondary N) is 2. The summed E-state index contributed by atoms with van der Waals surface area (Å²) < 4.78 is 0. The van der Waals surface area contributed by atoms with Crippen molar-refractivity contribution in [2.45, 2.75) is 57.0 Å². The Hall–Kier alpha value is -1.40. The lowest BCUT2D eigenvalue weighted by Crippen LogP contribution is -2.55. The second-order valence-corrected chi connectivity index (χ2v) is 9.27. The molecular weight excluding hydrogens is 412 g/mol. The number of carbonyl (C=O) groups excluding carboxylic acids is 2. The van der Waals surface area contributed by atoms with Crippen LogP contribution >= 0.6 is 11.8 Å². The number of aliphatic hydroxyl groups is 2. The Morgan fingerprint density at radius 3 is 2.70 bits per heavy atom. The summed E-state index contributed by atoms with van der Waals surface area (Å²) in [5.41, 5.74) is 5.96. The van der Waals surface area contributed by atoms with Crippen LogP contribution in [0.2, 0.25) is 0 Å². The summed E-state index contributed by atoms with van der Waals surface area (Å²) in [6.07, 6.45) is 0.409. The number of piperidine rings is 1. The highest BCUT2D eigenvalue weighted by Gasteiger charge is 2.37. The fourth-order valence-corrected chi connectivity index (χ4v) is 5.25. The van der Waals surface area contributed by atoms with Gasteiger partial charge in [-0.1, -0.05) is 0 Å². The number of amides is 2. The molecule has 0 aliphatic carbocycles. The highest BCUT2D eigenvalue weighted by molar-refractivity contribution is 7.99. The van der Waals surface area contributed by atoms with Crippen molar-refractivity contribution in [2.75, 3.05) is 31.2 Å². The van der Waals surface area contributed by atoms with Gasteiger partial charge in [-0.3, -0.25) is 9.59 Å². The summed E-state index contributed by atoms with van der Waals surface area (Å²) in [6, 6.07) is -2.60. The van der Waals surface area contributed by atoms with E-state index in [1.165, 1.54) is 23.6 Å². The number of aliphatic carboxylic acids is 1. The third-order valence-corrected chi connectivity index (χ3v) is 7.24. The van der Waals surface area contributed by atoms with Crippen LogP contribution in [0.15, 0.2) is 0 Å². The van der Waals surface area contributed by atoms with Crippen molar-refractivity contribution >= 4 is 29.5 Å². The summed E-state index contributed by atoms with van der Waals surface area (Å²) in [5.74, 6) is -1.13. The van der Waals surface area contributed by atoms with Gasteiger partial charge in [0.1, 0.15) is 12.1 Å². The van der Waals surface area contributed by atoms with E-state index in [0.717, 1.165) is 0 Å². The maximum absolute atomic E-state index is 12.5. The number of rotatable bonds is 9. The molecule has 2 aliphatic heterocycles. The number of aliphatic hydroxyl groups excluding tert-OH is 2. The number of hydrogen-bond donors (Lipinski definition) is 6. The number of thioether (sulfide) groups is 1. The number of carboxylic acid groups (broad SMARTS) is 1. The predicted octanol–water partition coefficient (Wildman–Crippen LogP) is -1.80. The number of carbonyl (C=O) groups is 3. The third kappa shape index (κ3) is 6.07. The van der Waals surface area contributed by atoms with E-state index in [0.29, 0.717) is 37.4 Å². The molecular formula is C19H34N4O6S. The molecule has 0 saturated carbocycles. The predicted molar refractivity (Wildman–Crippen MR) is 113 cm³/mol. The van der Waals surface area contributed by atoms with Gasteiger partial charge in [-0.2, -0.15) is 11.8 Å². The molecule has 0 radical (unpaired) electrons. The Kier molecular flexibility index (Phi) is 9.35. The minimum atomic E-state index is -1.04. The van der Waals surface area contributed by atoms with Crippen LogP contribution in [0.5, 0.6) is 0 Å². The number of nitrogens with zero attached hydrogens (tertiary/aromatic N) is 1. The lowest BCUT2D eigenvalue weighted by Gasteiger charge is -2.39. The first-order valence-corrected chi connectivity index (χ1v) is 11.5. The number of nitrogens with two attached hydrogens (primary N) is 1. The van der Waals surface area contributed by atoms with Crippen molar-refractivity contribution < 1.29 is 29.7 Å². The molecule has 0 spiro atoms. The van der Waals surface area contributed by atoms with Crippen LogP contribution in [-0.4, -0.2) is 99.5 Å². The van der Waals surface area contributed by atoms with Gasteiger partial charge >= 0.3 is 5.97 Å². The fourth-order valence-electron chi connectivity index (χ4n) is 4.04. The molecule has 0 aromatic rings. The Bertz CT molecular complexity index is 624. The zero-order chi connectivity index (χ0) is 22.4. The summed E-state index contributed by atoms with van der Waals surface area (Å²) in [6.45, 7) is 4.34. The number of likely N-dealkylation sites (tertiary alicyclic amines) is 1. The van der Waals surface area contributed by atoms with Gasteiger partial charge in [-0.25, -0.2) is 4.79 Å². The van der Waals surface area contributed by atoms with E-state index in [4.69, 9.17) is 5.73 Å². The molecule has 4 unspecified atom stereocenters. The van der Waals surface area contributed by atoms with Crippen molar-refractivity contribution in [2.24, 2.45) is 17.6 Å². The Balaban J connectivity index is 1.77. The second kappa shape index (κ2) is 11.3. The molecule has 30 heavy (non-hydrogen) atoms. The smallest absolute Gasteiger partial charge is 0.326 e. The van der Waals surface area contributed by atoms with Crippen molar-refractivity contribution in [3.8, 4) is 0 Å². The van der Waals surface area contributed by atoms with Crippen molar-refractivity contribution in [1.29, 1.82) is 0 Å². The molecule has 2 saturated heterocycles. The number of carboxylic acids is 1. The average Bonchev–Trinajstić information content (AvgIpc) is 3.20. The molecule has 2 fully saturated rings. The van der Waals surface area contributed by atoms with E-state index in [2.05, 4.69) is 10.6 Å². The second-order valence-electron chi connectivity index (χ2n) is 8.20. The summed E-state index contributed by atoms with van der Waals surface area (Å²) >= 11 is 1.46. The Morgan fingerprint density at radius 1 is 1.37 bits per heavy atom. The molecule has 10 nitrogen and oxygen atoms in total. The van der Waals surface area contributed by atoms with E-state index in [9.17, 15) is 29.7 Å². The van der Waals surface area contributed by atoms with E-state index in [1.54, 1.807) is 0 Å². The standard InChI is InChI=1S/C19H34N4O6S/c1-10-16(25)13(7-24)12(6-21-10)8-30-9-14(20)17(26)22-11(2)18(27)23-5-3-4-15(23)19(28)29/h10-16,21,24-25H,3-9,20H2,1-2H3,(H,22,26)(H,28,29)/t10?,11-,12?,13?,14-,15+,16?/m1/s1. The van der Waals surface area contributed by atoms with Crippen molar-refractivity contribution in [3.05, 3.63) is 0 Å². The first-order valence-electron chi connectivity index (χ1n) is 10.4. The fraction of sp³-hybridized carbons (Fsp3) is 0.842. The van der Waals surface area contributed by atoms with Gasteiger partial charge < -0.3 is 36.6 Å². The van der Waals surface area contributed by atoms with E-state index in [1.807, 2.05) is 6.92 Å². The van der Waals surface area contributed by atoms with Gasteiger partial charge in [-0.15, -0.1) is 0 Å². The average molecular weight is 447 g/mol. The molecule has 0 bridgehead atoms. The highest BCUT2D eigenvalue weighted by Crippen LogP contribution is 2.26. The normalized spacial score (nSPS) is 31.2. The molecule has 2 amide bonds. The van der Waals surface area contributed by atoms with Crippen molar-refractivity contribution in [1.82, 2.24) is 15.5 Å². The first-order chi connectivity index (χ1) is 14.2. The lowest BCUT2D eigenvalue weighted by molar-refractivity contribution is -0.149. The molecule has 11 heteroatoms. The molecule has 0 aromatic carbocycles. The zero-order valence-electron chi connectivity index (χ0n) is 17.5. The van der Waals surface area contributed by atoms with E-state index >= 15 is 0 Å². The minimum Gasteiger partial charge on any atom is -0.480 e. The van der Waals surface area contributed by atoms with Gasteiger partial charge in [0.2, 0.25) is 11.8 Å². The molecule has 7 atom stereocenters. The zero-order valence-corrected chi connectivity index (χ0v) is 18.3. The van der Waals surface area contributed by atoms with Crippen LogP contribution in [0.1, 0.15) is 26.7 Å². The molecule has 2 aliphatic rings. The van der Waals surface area contributed by atoms with Gasteiger partial charge in [0.25, 0.3) is 0 Å². The minimum absolute atomic E-state index is 0.0603. The largest absolute Gasteiger partial charge is 0.480 e. The van der Waals surface area contributed by atoms with Crippen LogP contribution in [0.3, 0.4) is 0 Å². The van der Waals surface area contributed by atoms with Gasteiger partial charge in [0.15, 0.2) is 0 Å². The lowest BCUT2D eigenvalue weighted by atomic mass is 9.83. The Labute approximate surface area is 180 Å². The monoisotopic (exact) mass is 446 g/mol. The van der Waals surface area contributed by atoms with E-state index < -0.39 is 42.0 Å². The van der Waals surface area contributed by atoms with E-state index in [-0.39, 0.29) is 24.5 Å². The highest BCUT2D eigenvalue weighted by atomic mass is 32.2. The van der Waals surface area contributed by atoms with Gasteiger partial charge in [-0.05, 0) is 44.9 Å². The summed E-state index contributed by atoms with van der Waals surface area (Å²) in [4.78, 5) is 37.4. The number of hydrogen-bond acceptors (Lipinski definition) is 8. The maximum Gasteiger partial charge on any atom is 0.326 e. The van der Waals surface area contributed by atoms with Crippen LogP contribution in [0.4, 0.5) is 0 Å². The molecule has 2 rings (SSSR count). The van der Waals surface area contributed by atoms with Crippen molar-refractivity contribution in [3.63, 3.8) is 0 Å². The summed E-state index contributed by atoms with van der Waals surface area (Å²) in [5, 5.41) is 34.8. The molecule has 172 valence electrons. The van der Waals surface area contributed by atoms with Gasteiger partial charge in [0.05, 0.1) is 12.1 Å². The molecule has 2 heterocycles. The van der Waals surface area contributed by atoms with Crippen LogP contribution in [0.25, 0.3) is 0 Å². The summed E-state index contributed by atoms with van der Waals surface area (Å²) in [7, 11) is 0. The topological polar surface area (TPSA) is 165 Å². The first kappa shape index (κ1) is 24.9. The van der Waals surface area contributed by atoms with Crippen LogP contribution in [-0.2, 0) is 14.4 Å². The van der Waals surface area contributed by atoms with Crippen LogP contribution in [0, 0.1) is 11.8 Å². The maximum atomic E-state index is 12.5. The van der Waals surface area contributed by atoms with Gasteiger partial charge in [0, 0.05) is 30.9 Å². The molecule has 0 aromatic heterocycles. The SMILES string of the molecule is CC1NCC(CSC[C@@H](N)C(=O)N[C@H](C)C(=O)N2CCC[C@H]2C(=O)O)C(CO)C1O. The quantitative estimate of drug-likeness (QED) is 0.240. The Morgan fingerprint density at radius 2 is 2.07 bits per heavy atom. The molecule has 7 N–H and O–H groups in total. The van der Waals surface area contributed by atoms with Crippen LogP contribution < -0.4 is 16.4 Å².